The smallest absolute Gasteiger partial charge is 0.473 e. The maximum absolute atomic E-state index is 11.8. The predicted octanol–water partition coefficient (Wildman–Crippen LogP) is 6.52. The molecule has 426 valence electrons. The average Bonchev–Trinajstić information content (AvgIpc) is 4.01. The molecule has 0 bridgehead atoms. The number of benzene rings is 2. The normalized spacial score (nSPS) is 21.5. The van der Waals surface area contributed by atoms with E-state index in [-0.39, 0.29) is 54.2 Å². The minimum Gasteiger partial charge on any atom is -0.473 e. The third-order valence-corrected chi connectivity index (χ3v) is 17.6. The maximum Gasteiger partial charge on any atom is 0.494 e. The quantitative estimate of drug-likeness (QED) is 0.124. The summed E-state index contributed by atoms with van der Waals surface area (Å²) in [6.45, 7) is 20.8. The number of hydrogen-bond donors (Lipinski definition) is 2. The Morgan fingerprint density at radius 2 is 1.10 bits per heavy atom. The molecule has 2 saturated carbocycles. The molecule has 82 heavy (non-hydrogen) atoms. The Labute approximate surface area is 476 Å². The lowest BCUT2D eigenvalue weighted by molar-refractivity contribution is -0.120. The zero-order valence-corrected chi connectivity index (χ0v) is 47.7. The third kappa shape index (κ3) is 10.9. The minimum atomic E-state index is -0.312. The zero-order chi connectivity index (χ0) is 56.4. The van der Waals surface area contributed by atoms with E-state index in [2.05, 4.69) is 145 Å². The molecule has 6 aromatic heterocycles. The summed E-state index contributed by atoms with van der Waals surface area (Å²) in [5, 5.41) is 22.2. The van der Waals surface area contributed by atoms with E-state index in [1.807, 2.05) is 45.6 Å². The molecule has 2 aliphatic carbocycles. The topological polar surface area (TPSA) is 224 Å². The monoisotopic (exact) mass is 1110 g/mol. The van der Waals surface area contributed by atoms with E-state index >= 15 is 0 Å². The summed E-state index contributed by atoms with van der Waals surface area (Å²) in [6, 6.07) is 22.0. The Hall–Kier alpha value is -7.92. The molecule has 4 atom stereocenters. The molecule has 23 heteroatoms. The van der Waals surface area contributed by atoms with Gasteiger partial charge in [-0.25, -0.2) is 19.9 Å². The van der Waals surface area contributed by atoms with Gasteiger partial charge in [0, 0.05) is 98.7 Å². The van der Waals surface area contributed by atoms with Gasteiger partial charge in [0.1, 0.15) is 35.9 Å². The van der Waals surface area contributed by atoms with Crippen LogP contribution >= 0.6 is 0 Å². The molecule has 2 N–H and O–H groups in total. The second kappa shape index (κ2) is 21.4. The fraction of sp³-hybridized carbons (Fsp3) is 0.492. The molecule has 5 aliphatic heterocycles. The number of imidazole rings is 2. The van der Waals surface area contributed by atoms with Crippen LogP contribution in [0.4, 0.5) is 11.4 Å². The summed E-state index contributed by atoms with van der Waals surface area (Å²) in [5.74, 6) is 3.75. The minimum absolute atomic E-state index is 0.0565. The molecule has 11 heterocycles. The van der Waals surface area contributed by atoms with Crippen LogP contribution in [0.25, 0.3) is 33.3 Å². The zero-order valence-electron chi connectivity index (χ0n) is 47.7. The molecule has 5 fully saturated rings. The van der Waals surface area contributed by atoms with Gasteiger partial charge < -0.3 is 57.5 Å². The molecule has 3 saturated heterocycles. The highest BCUT2D eigenvalue weighted by atomic mass is 16.7. The lowest BCUT2D eigenvalue weighted by atomic mass is 9.79. The first-order valence-corrected chi connectivity index (χ1v) is 29.0. The molecule has 2 aromatic carbocycles. The van der Waals surface area contributed by atoms with Crippen molar-refractivity contribution in [2.24, 2.45) is 11.8 Å². The Morgan fingerprint density at radius 3 is 1.57 bits per heavy atom. The third-order valence-electron chi connectivity index (χ3n) is 17.6. The number of aryl methyl sites for hydroxylation is 1. The van der Waals surface area contributed by atoms with E-state index in [0.717, 1.165) is 114 Å². The van der Waals surface area contributed by atoms with Crippen LogP contribution in [0, 0.1) is 18.8 Å². The second-order valence-corrected chi connectivity index (χ2v) is 24.0. The summed E-state index contributed by atoms with van der Waals surface area (Å²) >= 11 is 0. The molecule has 0 unspecified atom stereocenters. The molecule has 2 amide bonds. The molecule has 0 radical (unpaired) electrons. The van der Waals surface area contributed by atoms with Gasteiger partial charge in [-0.15, -0.1) is 20.4 Å². The van der Waals surface area contributed by atoms with Crippen molar-refractivity contribution < 1.29 is 28.4 Å². The lowest BCUT2D eigenvalue weighted by Gasteiger charge is -2.32. The molecule has 15 rings (SSSR count). The number of amides is 2. The highest BCUT2D eigenvalue weighted by Gasteiger charge is 2.51. The summed E-state index contributed by atoms with van der Waals surface area (Å²) in [4.78, 5) is 46.5. The van der Waals surface area contributed by atoms with E-state index in [9.17, 15) is 9.59 Å². The van der Waals surface area contributed by atoms with Crippen molar-refractivity contribution in [3.05, 3.63) is 103 Å². The Morgan fingerprint density at radius 1 is 0.622 bits per heavy atom. The summed E-state index contributed by atoms with van der Waals surface area (Å²) in [6.07, 6.45) is 12.9. The standard InChI is InChI=1S/C26H28N8O2.C17H23BN4O2.C16H20N4O2/c1-16(18-10-24(35)27-12-18)36-26-25-22(28-14-34(25)20-6-7-20)11-21(30-26)17-2-4-19(5-3-17)32-8-9-33-15-29-31-23(33)13-32;1-16(2)17(3,4)24-18(23-16)13-5-7-14(8-6-13)21-9-10-22-12-19-20-15(22)11-21;1-9-5-13-15(20(8-18-13)12-3-4-12)16(19-9)22-10(2)11-6-14(21)17-7-11/h2-5,11,14-16,18,20H,6-10,12-13H2,1H3,(H,27,35);5-8,12H,9-11H2,1-4H3;5,8,10-12H,3-4,6-7H2,1-2H3,(H,17,21)/t16-,18-;;10-,11-/m1.1/s1. The molecule has 0 spiro atoms. The van der Waals surface area contributed by atoms with E-state index in [1.165, 1.54) is 18.5 Å². The average molecular weight is 1110 g/mol. The number of ether oxygens (including phenoxy) is 2. The van der Waals surface area contributed by atoms with Crippen molar-refractivity contribution in [3.63, 3.8) is 0 Å². The van der Waals surface area contributed by atoms with Gasteiger partial charge in [-0.05, 0) is 116 Å². The Kier molecular flexibility index (Phi) is 14.0. The molecular formula is C59H71BN16O6. The van der Waals surface area contributed by atoms with Gasteiger partial charge in [-0.3, -0.25) is 9.59 Å². The highest BCUT2D eigenvalue weighted by Crippen LogP contribution is 2.42. The van der Waals surface area contributed by atoms with Gasteiger partial charge >= 0.3 is 7.12 Å². The van der Waals surface area contributed by atoms with Crippen molar-refractivity contribution in [1.82, 2.24) is 69.2 Å². The highest BCUT2D eigenvalue weighted by molar-refractivity contribution is 6.62. The molecule has 7 aliphatic rings. The van der Waals surface area contributed by atoms with Crippen molar-refractivity contribution in [3.8, 4) is 23.0 Å². The van der Waals surface area contributed by atoms with E-state index in [1.54, 1.807) is 12.7 Å². The fourth-order valence-corrected chi connectivity index (χ4v) is 11.4. The van der Waals surface area contributed by atoms with Crippen LogP contribution in [0.1, 0.15) is 109 Å². The summed E-state index contributed by atoms with van der Waals surface area (Å²) < 4.78 is 33.4. The van der Waals surface area contributed by atoms with Crippen LogP contribution < -0.4 is 35.4 Å². The number of aromatic nitrogens is 12. The van der Waals surface area contributed by atoms with Crippen molar-refractivity contribution in [1.29, 1.82) is 0 Å². The van der Waals surface area contributed by atoms with E-state index < -0.39 is 0 Å². The first kappa shape index (κ1) is 53.4. The van der Waals surface area contributed by atoms with Crippen molar-refractivity contribution in [2.75, 3.05) is 36.0 Å². The summed E-state index contributed by atoms with van der Waals surface area (Å²) in [5.41, 5.74) is 9.25. The van der Waals surface area contributed by atoms with E-state index in [0.29, 0.717) is 49.8 Å². The van der Waals surface area contributed by atoms with Crippen LogP contribution in [0.3, 0.4) is 0 Å². The SMILES string of the molecule is CC1(C)OB(c2ccc(N3CCn4cnnc4C3)cc2)OC1(C)C.C[C@@H](Oc1nc(-c2ccc(N3CCn4cnnc4C3)cc2)cc2ncn(C3CC3)c12)[C@H]1CNC(=O)C1.Cc1cc2ncn(C3CC3)c2c(O[C@H](C)[C@H]2CNC(=O)C2)n1. The summed E-state index contributed by atoms with van der Waals surface area (Å²) in [7, 11) is -0.312. The van der Waals surface area contributed by atoms with Crippen molar-refractivity contribution in [2.45, 2.75) is 149 Å². The number of carbonyl (C=O) groups excluding carboxylic acids is 2. The van der Waals surface area contributed by atoms with Crippen LogP contribution in [-0.4, -0.2) is 127 Å². The predicted molar refractivity (Wildman–Crippen MR) is 308 cm³/mol. The number of nitrogens with one attached hydrogen (secondary N) is 2. The number of anilines is 2. The van der Waals surface area contributed by atoms with Gasteiger partial charge in [0.15, 0.2) is 11.6 Å². The number of rotatable bonds is 12. The van der Waals surface area contributed by atoms with Gasteiger partial charge in [0.2, 0.25) is 23.6 Å². The molecule has 8 aromatic rings. The van der Waals surface area contributed by atoms with Gasteiger partial charge in [-0.2, -0.15) is 0 Å². The van der Waals surface area contributed by atoms with Crippen molar-refractivity contribution >= 4 is 57.8 Å². The Balaban J connectivity index is 0.000000121. The van der Waals surface area contributed by atoms with Gasteiger partial charge in [0.05, 0.1) is 53.7 Å². The lowest BCUT2D eigenvalue weighted by Crippen LogP contribution is -2.41. The fourth-order valence-electron chi connectivity index (χ4n) is 11.4. The first-order valence-electron chi connectivity index (χ1n) is 29.0. The maximum atomic E-state index is 11.8. The van der Waals surface area contributed by atoms with Crippen LogP contribution in [-0.2, 0) is 45.1 Å². The largest absolute Gasteiger partial charge is 0.494 e. The molecular weight excluding hydrogens is 1040 g/mol. The van der Waals surface area contributed by atoms with Gasteiger partial charge in [-0.1, -0.05) is 24.3 Å². The number of carbonyl (C=O) groups is 2. The van der Waals surface area contributed by atoms with Crippen LogP contribution in [0.5, 0.6) is 11.8 Å². The number of pyridine rings is 2. The molecule has 22 nitrogen and oxygen atoms in total. The second-order valence-electron chi connectivity index (χ2n) is 24.0. The van der Waals surface area contributed by atoms with Crippen LogP contribution in [0.15, 0.2) is 86.0 Å². The number of fused-ring (bicyclic) bond motifs is 4. The first-order chi connectivity index (χ1) is 39.6. The Bertz CT molecular complexity index is 3630. The number of hydrogen-bond acceptors (Lipinski definition) is 16. The number of nitrogens with zero attached hydrogens (tertiary/aromatic N) is 14. The van der Waals surface area contributed by atoms with Gasteiger partial charge in [0.25, 0.3) is 0 Å². The van der Waals surface area contributed by atoms with E-state index in [4.69, 9.17) is 28.8 Å². The van der Waals surface area contributed by atoms with Crippen LogP contribution in [0.2, 0.25) is 0 Å².